The van der Waals surface area contributed by atoms with Gasteiger partial charge in [0.05, 0.1) is 18.8 Å². The van der Waals surface area contributed by atoms with Gasteiger partial charge in [0.25, 0.3) is 5.91 Å². The summed E-state index contributed by atoms with van der Waals surface area (Å²) in [6.07, 6.45) is 3.87. The van der Waals surface area contributed by atoms with E-state index < -0.39 is 0 Å². The van der Waals surface area contributed by atoms with E-state index in [4.69, 9.17) is 9.47 Å². The van der Waals surface area contributed by atoms with Gasteiger partial charge in [-0.15, -0.1) is 0 Å². The Kier molecular flexibility index (Phi) is 6.10. The normalized spacial score (nSPS) is 22.4. The number of hydrogen-bond donors (Lipinski definition) is 0. The lowest BCUT2D eigenvalue weighted by molar-refractivity contribution is 0.0300. The Morgan fingerprint density at radius 3 is 2.79 bits per heavy atom. The molecule has 0 N–H and O–H groups in total. The molecule has 2 aliphatic heterocycles. The van der Waals surface area contributed by atoms with Crippen molar-refractivity contribution in [1.29, 1.82) is 0 Å². The molecule has 1 aromatic rings. The largest absolute Gasteiger partial charge is 0.491 e. The van der Waals surface area contributed by atoms with Crippen LogP contribution in [0.25, 0.3) is 0 Å². The zero-order valence-corrected chi connectivity index (χ0v) is 14.6. The number of carbonyl (C=O) groups is 1. The molecule has 0 saturated carbocycles. The van der Waals surface area contributed by atoms with Gasteiger partial charge in [-0.05, 0) is 38.4 Å². The summed E-state index contributed by atoms with van der Waals surface area (Å²) in [5, 5.41) is 0. The van der Waals surface area contributed by atoms with Gasteiger partial charge < -0.3 is 14.4 Å². The molecule has 2 saturated heterocycles. The van der Waals surface area contributed by atoms with Gasteiger partial charge in [0, 0.05) is 25.7 Å². The lowest BCUT2D eigenvalue weighted by atomic mass is 10.0. The van der Waals surface area contributed by atoms with Crippen LogP contribution < -0.4 is 4.74 Å². The molecule has 1 amide bonds. The van der Waals surface area contributed by atoms with Gasteiger partial charge in [0.1, 0.15) is 12.4 Å². The number of likely N-dealkylation sites (tertiary alicyclic amines) is 1. The highest BCUT2D eigenvalue weighted by molar-refractivity contribution is 5.97. The van der Waals surface area contributed by atoms with Gasteiger partial charge in [0.15, 0.2) is 0 Å². The molecule has 1 atom stereocenters. The molecule has 1 aromatic carbocycles. The number of rotatable bonds is 5. The number of nitrogens with zero attached hydrogens (tertiary/aromatic N) is 2. The quantitative estimate of drug-likeness (QED) is 0.830. The van der Waals surface area contributed by atoms with Crippen LogP contribution in [0.2, 0.25) is 0 Å². The van der Waals surface area contributed by atoms with E-state index in [0.717, 1.165) is 13.1 Å². The van der Waals surface area contributed by atoms with Gasteiger partial charge in [-0.1, -0.05) is 18.6 Å². The number of benzene rings is 1. The number of hydrogen-bond acceptors (Lipinski definition) is 4. The summed E-state index contributed by atoms with van der Waals surface area (Å²) < 4.78 is 11.3. The smallest absolute Gasteiger partial charge is 0.257 e. The predicted molar refractivity (Wildman–Crippen MR) is 93.5 cm³/mol. The molecular formula is C19H28N2O3. The van der Waals surface area contributed by atoms with E-state index in [1.54, 1.807) is 0 Å². The number of morpholine rings is 1. The Labute approximate surface area is 144 Å². The molecular weight excluding hydrogens is 304 g/mol. The Balaban J connectivity index is 1.58. The molecule has 0 radical (unpaired) electrons. The maximum Gasteiger partial charge on any atom is 0.257 e. The third-order valence-electron chi connectivity index (χ3n) is 4.99. The first-order valence-corrected chi connectivity index (χ1v) is 9.08. The fourth-order valence-corrected chi connectivity index (χ4v) is 3.47. The van der Waals surface area contributed by atoms with Gasteiger partial charge in [-0.3, -0.25) is 9.69 Å². The maximum absolute atomic E-state index is 12.7. The van der Waals surface area contributed by atoms with E-state index in [0.29, 0.717) is 50.3 Å². The second-order valence-corrected chi connectivity index (χ2v) is 6.63. The fourth-order valence-electron chi connectivity index (χ4n) is 3.47. The molecule has 0 unspecified atom stereocenters. The average Bonchev–Trinajstić information content (AvgIpc) is 2.64. The minimum Gasteiger partial charge on any atom is -0.491 e. The first kappa shape index (κ1) is 17.2. The van der Waals surface area contributed by atoms with Crippen LogP contribution in [-0.4, -0.2) is 67.7 Å². The first-order valence-electron chi connectivity index (χ1n) is 9.08. The molecule has 0 aromatic heterocycles. The van der Waals surface area contributed by atoms with E-state index in [1.165, 1.54) is 19.3 Å². The molecule has 3 rings (SSSR count). The molecule has 2 aliphatic rings. The van der Waals surface area contributed by atoms with Crippen molar-refractivity contribution < 1.29 is 14.3 Å². The van der Waals surface area contributed by atoms with E-state index in [2.05, 4.69) is 11.8 Å². The van der Waals surface area contributed by atoms with Crippen molar-refractivity contribution in [2.75, 3.05) is 46.0 Å². The van der Waals surface area contributed by atoms with Crippen LogP contribution in [0, 0.1) is 0 Å². The Morgan fingerprint density at radius 2 is 2.00 bits per heavy atom. The zero-order valence-electron chi connectivity index (χ0n) is 14.6. The van der Waals surface area contributed by atoms with E-state index >= 15 is 0 Å². The van der Waals surface area contributed by atoms with Crippen molar-refractivity contribution >= 4 is 5.91 Å². The number of para-hydroxylation sites is 1. The van der Waals surface area contributed by atoms with Gasteiger partial charge in [-0.2, -0.15) is 0 Å². The van der Waals surface area contributed by atoms with E-state index in [9.17, 15) is 4.79 Å². The van der Waals surface area contributed by atoms with Crippen LogP contribution in [-0.2, 0) is 4.74 Å². The lowest BCUT2D eigenvalue weighted by Crippen LogP contribution is -2.41. The standard InChI is InChI=1S/C19H28N2O3/c1-16-6-4-5-9-20(16)12-15-24-18-8-3-2-7-17(18)19(22)21-10-13-23-14-11-21/h2-3,7-8,16H,4-6,9-15H2,1H3/t16-/m1/s1. The molecule has 132 valence electrons. The van der Waals surface area contributed by atoms with Crippen molar-refractivity contribution in [1.82, 2.24) is 9.80 Å². The molecule has 2 fully saturated rings. The molecule has 0 aliphatic carbocycles. The zero-order chi connectivity index (χ0) is 16.8. The summed E-state index contributed by atoms with van der Waals surface area (Å²) in [4.78, 5) is 17.0. The summed E-state index contributed by atoms with van der Waals surface area (Å²) in [5.41, 5.74) is 0.658. The number of amides is 1. The molecule has 2 heterocycles. The summed E-state index contributed by atoms with van der Waals surface area (Å²) in [5.74, 6) is 0.735. The first-order chi connectivity index (χ1) is 11.8. The van der Waals surface area contributed by atoms with Crippen LogP contribution >= 0.6 is 0 Å². The number of ether oxygens (including phenoxy) is 2. The van der Waals surface area contributed by atoms with Gasteiger partial charge in [0.2, 0.25) is 0 Å². The van der Waals surface area contributed by atoms with Gasteiger partial charge in [-0.25, -0.2) is 0 Å². The highest BCUT2D eigenvalue weighted by Crippen LogP contribution is 2.21. The summed E-state index contributed by atoms with van der Waals surface area (Å²) in [6, 6.07) is 8.21. The third-order valence-corrected chi connectivity index (χ3v) is 4.99. The van der Waals surface area contributed by atoms with Crippen molar-refractivity contribution in [3.63, 3.8) is 0 Å². The van der Waals surface area contributed by atoms with Crippen LogP contribution in [0.4, 0.5) is 0 Å². The lowest BCUT2D eigenvalue weighted by Gasteiger charge is -2.33. The van der Waals surface area contributed by atoms with Crippen LogP contribution in [0.3, 0.4) is 0 Å². The van der Waals surface area contributed by atoms with Crippen molar-refractivity contribution in [3.05, 3.63) is 29.8 Å². The number of piperidine rings is 1. The summed E-state index contributed by atoms with van der Waals surface area (Å²) in [7, 11) is 0. The second-order valence-electron chi connectivity index (χ2n) is 6.63. The molecule has 24 heavy (non-hydrogen) atoms. The van der Waals surface area contributed by atoms with E-state index in [-0.39, 0.29) is 5.91 Å². The molecule has 0 spiro atoms. The van der Waals surface area contributed by atoms with E-state index in [1.807, 2.05) is 29.2 Å². The monoisotopic (exact) mass is 332 g/mol. The maximum atomic E-state index is 12.7. The average molecular weight is 332 g/mol. The summed E-state index contributed by atoms with van der Waals surface area (Å²) in [6.45, 7) is 7.51. The topological polar surface area (TPSA) is 42.0 Å². The third kappa shape index (κ3) is 4.28. The van der Waals surface area contributed by atoms with Crippen LogP contribution in [0.15, 0.2) is 24.3 Å². The van der Waals surface area contributed by atoms with Crippen molar-refractivity contribution in [2.24, 2.45) is 0 Å². The van der Waals surface area contributed by atoms with Crippen LogP contribution in [0.5, 0.6) is 5.75 Å². The fraction of sp³-hybridized carbons (Fsp3) is 0.632. The Hall–Kier alpha value is -1.59. The van der Waals surface area contributed by atoms with Crippen molar-refractivity contribution in [3.8, 4) is 5.75 Å². The molecule has 5 nitrogen and oxygen atoms in total. The SMILES string of the molecule is C[C@@H]1CCCCN1CCOc1ccccc1C(=O)N1CCOCC1. The minimum absolute atomic E-state index is 0.0419. The highest BCUT2D eigenvalue weighted by Gasteiger charge is 2.22. The minimum atomic E-state index is 0.0419. The predicted octanol–water partition coefficient (Wildman–Crippen LogP) is 2.41. The molecule has 0 bridgehead atoms. The Morgan fingerprint density at radius 1 is 1.21 bits per heavy atom. The highest BCUT2D eigenvalue weighted by atomic mass is 16.5. The van der Waals surface area contributed by atoms with Crippen molar-refractivity contribution in [2.45, 2.75) is 32.2 Å². The van der Waals surface area contributed by atoms with Crippen LogP contribution in [0.1, 0.15) is 36.5 Å². The Bertz CT molecular complexity index is 543. The summed E-state index contributed by atoms with van der Waals surface area (Å²) >= 11 is 0. The van der Waals surface area contributed by atoms with Gasteiger partial charge >= 0.3 is 0 Å². The number of carbonyl (C=O) groups excluding carboxylic acids is 1. The second kappa shape index (κ2) is 8.49. The molecule has 5 heteroatoms.